The lowest BCUT2D eigenvalue weighted by Crippen LogP contribution is -2.42. The minimum Gasteiger partial charge on any atom is -0.493 e. The van der Waals surface area contributed by atoms with E-state index in [-0.39, 0.29) is 12.5 Å². The molecule has 1 aliphatic heterocycles. The number of carbonyl (C=O) groups is 1. The van der Waals surface area contributed by atoms with Gasteiger partial charge in [0, 0.05) is 0 Å². The first kappa shape index (κ1) is 17.6. The summed E-state index contributed by atoms with van der Waals surface area (Å²) in [7, 11) is 1.58. The van der Waals surface area contributed by atoms with Gasteiger partial charge in [-0.3, -0.25) is 4.79 Å². The maximum absolute atomic E-state index is 12.2. The second-order valence-corrected chi connectivity index (χ2v) is 5.44. The first-order valence-corrected chi connectivity index (χ1v) is 8.23. The summed E-state index contributed by atoms with van der Waals surface area (Å²) in [6.45, 7) is 2.55. The Labute approximate surface area is 151 Å². The molecule has 0 aliphatic carbocycles. The number of hydrogen-bond acceptors (Lipinski definition) is 6. The molecular formula is C19H20N2O5. The monoisotopic (exact) mass is 356 g/mol. The average Bonchev–Trinajstić information content (AvgIpc) is 2.68. The number of para-hydroxylation sites is 2. The Kier molecular flexibility index (Phi) is 5.58. The normalized spacial score (nSPS) is 15.5. The second kappa shape index (κ2) is 8.24. The number of nitrogens with one attached hydrogen (secondary N) is 1. The van der Waals surface area contributed by atoms with E-state index in [0.717, 1.165) is 5.56 Å². The number of nitrogens with zero attached hydrogens (tertiary/aromatic N) is 1. The van der Waals surface area contributed by atoms with Crippen LogP contribution in [0.25, 0.3) is 0 Å². The third-order valence-corrected chi connectivity index (χ3v) is 3.68. The van der Waals surface area contributed by atoms with E-state index in [2.05, 4.69) is 10.5 Å². The summed E-state index contributed by atoms with van der Waals surface area (Å²) in [6.07, 6.45) is 0.772. The van der Waals surface area contributed by atoms with Crippen LogP contribution >= 0.6 is 0 Å². The van der Waals surface area contributed by atoms with Crippen molar-refractivity contribution in [3.8, 4) is 23.0 Å². The highest BCUT2D eigenvalue weighted by Crippen LogP contribution is 2.31. The van der Waals surface area contributed by atoms with E-state index in [4.69, 9.17) is 18.9 Å². The fraction of sp³-hybridized carbons (Fsp3) is 0.263. The summed E-state index contributed by atoms with van der Waals surface area (Å²) in [5, 5.41) is 3.97. The third-order valence-electron chi connectivity index (χ3n) is 3.68. The van der Waals surface area contributed by atoms with E-state index in [1.807, 2.05) is 25.1 Å². The van der Waals surface area contributed by atoms with Crippen LogP contribution in [0, 0.1) is 0 Å². The van der Waals surface area contributed by atoms with Gasteiger partial charge in [0.15, 0.2) is 23.0 Å². The molecule has 0 saturated carbocycles. The number of hydrogen-bond donors (Lipinski definition) is 1. The molecule has 136 valence electrons. The van der Waals surface area contributed by atoms with Gasteiger partial charge in [0.2, 0.25) is 6.10 Å². The largest absolute Gasteiger partial charge is 0.493 e. The predicted molar refractivity (Wildman–Crippen MR) is 96.3 cm³/mol. The van der Waals surface area contributed by atoms with Crippen LogP contribution in [0.1, 0.15) is 12.5 Å². The van der Waals surface area contributed by atoms with Crippen molar-refractivity contribution < 1.29 is 23.7 Å². The summed E-state index contributed by atoms with van der Waals surface area (Å²) in [5.41, 5.74) is 3.23. The molecule has 1 N–H and O–H groups in total. The molecule has 2 aromatic rings. The van der Waals surface area contributed by atoms with Gasteiger partial charge in [0.25, 0.3) is 5.91 Å². The lowest BCUT2D eigenvalue weighted by atomic mass is 10.2. The van der Waals surface area contributed by atoms with Crippen molar-refractivity contribution in [1.82, 2.24) is 5.43 Å². The Morgan fingerprint density at radius 1 is 1.27 bits per heavy atom. The molecule has 1 unspecified atom stereocenters. The van der Waals surface area contributed by atoms with Crippen LogP contribution in [0.15, 0.2) is 47.6 Å². The van der Waals surface area contributed by atoms with Crippen LogP contribution in [0.5, 0.6) is 23.0 Å². The van der Waals surface area contributed by atoms with Gasteiger partial charge in [-0.15, -0.1) is 0 Å². The molecule has 1 atom stereocenters. The van der Waals surface area contributed by atoms with Gasteiger partial charge in [-0.25, -0.2) is 5.43 Å². The average molecular weight is 356 g/mol. The molecule has 0 spiro atoms. The molecule has 2 aromatic carbocycles. The molecule has 7 nitrogen and oxygen atoms in total. The molecular weight excluding hydrogens is 336 g/mol. The first-order chi connectivity index (χ1) is 12.7. The van der Waals surface area contributed by atoms with E-state index >= 15 is 0 Å². The maximum Gasteiger partial charge on any atom is 0.284 e. The molecule has 1 heterocycles. The molecule has 3 rings (SSSR count). The SMILES string of the molecule is CCOc1cc(/C=N/NC(=O)C2COc3ccccc3O2)ccc1OC. The minimum absolute atomic E-state index is 0.134. The fourth-order valence-corrected chi connectivity index (χ4v) is 2.43. The Balaban J connectivity index is 1.60. The highest BCUT2D eigenvalue weighted by molar-refractivity contribution is 5.85. The van der Waals surface area contributed by atoms with Crippen LogP contribution in [-0.4, -0.2) is 38.5 Å². The summed E-state index contributed by atoms with van der Waals surface area (Å²) in [4.78, 5) is 12.2. The van der Waals surface area contributed by atoms with Gasteiger partial charge >= 0.3 is 0 Å². The molecule has 0 fully saturated rings. The van der Waals surface area contributed by atoms with Crippen LogP contribution in [0.2, 0.25) is 0 Å². The van der Waals surface area contributed by atoms with Crippen molar-refractivity contribution in [3.63, 3.8) is 0 Å². The van der Waals surface area contributed by atoms with Crippen LogP contribution in [0.4, 0.5) is 0 Å². The molecule has 1 aliphatic rings. The Morgan fingerprint density at radius 2 is 2.08 bits per heavy atom. The summed E-state index contributed by atoms with van der Waals surface area (Å²) in [5.74, 6) is 2.04. The van der Waals surface area contributed by atoms with Crippen molar-refractivity contribution in [2.75, 3.05) is 20.3 Å². The predicted octanol–water partition coefficient (Wildman–Crippen LogP) is 2.38. The van der Waals surface area contributed by atoms with Gasteiger partial charge in [-0.05, 0) is 42.8 Å². The first-order valence-electron chi connectivity index (χ1n) is 8.23. The number of fused-ring (bicyclic) bond motifs is 1. The number of methoxy groups -OCH3 is 1. The van der Waals surface area contributed by atoms with Crippen LogP contribution in [-0.2, 0) is 4.79 Å². The Bertz CT molecular complexity index is 806. The standard InChI is InChI=1S/C19H20N2O5/c1-3-24-17-10-13(8-9-14(17)23-2)11-20-21-19(22)18-12-25-15-6-4-5-7-16(15)26-18/h4-11,18H,3,12H2,1-2H3,(H,21,22)/b20-11+. The minimum atomic E-state index is -0.753. The summed E-state index contributed by atoms with van der Waals surface area (Å²) >= 11 is 0. The van der Waals surface area contributed by atoms with E-state index in [9.17, 15) is 4.79 Å². The zero-order chi connectivity index (χ0) is 18.4. The van der Waals surface area contributed by atoms with Crippen molar-refractivity contribution in [2.45, 2.75) is 13.0 Å². The van der Waals surface area contributed by atoms with E-state index in [0.29, 0.717) is 29.6 Å². The smallest absolute Gasteiger partial charge is 0.284 e. The lowest BCUT2D eigenvalue weighted by molar-refractivity contribution is -0.130. The lowest BCUT2D eigenvalue weighted by Gasteiger charge is -2.24. The van der Waals surface area contributed by atoms with E-state index in [1.54, 1.807) is 31.4 Å². The van der Waals surface area contributed by atoms with Crippen molar-refractivity contribution in [1.29, 1.82) is 0 Å². The van der Waals surface area contributed by atoms with Gasteiger partial charge in [0.05, 0.1) is 19.9 Å². The van der Waals surface area contributed by atoms with E-state index in [1.165, 1.54) is 6.21 Å². The Morgan fingerprint density at radius 3 is 2.85 bits per heavy atom. The highest BCUT2D eigenvalue weighted by atomic mass is 16.6. The van der Waals surface area contributed by atoms with Gasteiger partial charge in [-0.2, -0.15) is 5.10 Å². The number of rotatable bonds is 6. The van der Waals surface area contributed by atoms with E-state index < -0.39 is 6.10 Å². The highest BCUT2D eigenvalue weighted by Gasteiger charge is 2.26. The van der Waals surface area contributed by atoms with Crippen molar-refractivity contribution in [3.05, 3.63) is 48.0 Å². The molecule has 7 heteroatoms. The quantitative estimate of drug-likeness (QED) is 0.635. The van der Waals surface area contributed by atoms with Crippen LogP contribution < -0.4 is 24.4 Å². The van der Waals surface area contributed by atoms with Gasteiger partial charge in [-0.1, -0.05) is 12.1 Å². The fourth-order valence-electron chi connectivity index (χ4n) is 2.43. The summed E-state index contributed by atoms with van der Waals surface area (Å²) in [6, 6.07) is 12.6. The molecule has 1 amide bonds. The Hall–Kier alpha value is -3.22. The number of ether oxygens (including phenoxy) is 4. The maximum atomic E-state index is 12.2. The second-order valence-electron chi connectivity index (χ2n) is 5.44. The van der Waals surface area contributed by atoms with Crippen molar-refractivity contribution in [2.24, 2.45) is 5.10 Å². The molecule has 0 saturated heterocycles. The number of hydrazone groups is 1. The zero-order valence-corrected chi connectivity index (χ0v) is 14.6. The van der Waals surface area contributed by atoms with Crippen LogP contribution in [0.3, 0.4) is 0 Å². The number of amides is 1. The van der Waals surface area contributed by atoms with Gasteiger partial charge < -0.3 is 18.9 Å². The third kappa shape index (κ3) is 4.05. The molecule has 0 radical (unpaired) electrons. The molecule has 0 bridgehead atoms. The summed E-state index contributed by atoms with van der Waals surface area (Å²) < 4.78 is 21.9. The number of benzene rings is 2. The topological polar surface area (TPSA) is 78.4 Å². The molecule has 0 aromatic heterocycles. The van der Waals surface area contributed by atoms with Gasteiger partial charge in [0.1, 0.15) is 6.61 Å². The van der Waals surface area contributed by atoms with Crippen molar-refractivity contribution >= 4 is 12.1 Å². The number of carbonyl (C=O) groups excluding carboxylic acids is 1. The zero-order valence-electron chi connectivity index (χ0n) is 14.6. The molecule has 26 heavy (non-hydrogen) atoms.